The molecule has 1 heterocycles. The van der Waals surface area contributed by atoms with E-state index in [0.717, 1.165) is 6.07 Å². The number of nitro groups is 1. The smallest absolute Gasteiger partial charge is 0.312 e. The Morgan fingerprint density at radius 1 is 1.52 bits per heavy atom. The second-order valence-corrected chi connectivity index (χ2v) is 4.76. The van der Waals surface area contributed by atoms with Crippen molar-refractivity contribution in [1.29, 1.82) is 5.26 Å². The van der Waals surface area contributed by atoms with E-state index < -0.39 is 29.1 Å². The number of alkyl halides is 1. The van der Waals surface area contributed by atoms with Crippen molar-refractivity contribution >= 4 is 5.69 Å². The first-order valence-corrected chi connectivity index (χ1v) is 6.50. The number of piperazine rings is 1. The fourth-order valence-electron chi connectivity index (χ4n) is 2.47. The lowest BCUT2D eigenvalue weighted by molar-refractivity contribution is -0.386. The van der Waals surface area contributed by atoms with Crippen molar-refractivity contribution in [3.63, 3.8) is 0 Å². The molecule has 8 heteroatoms. The maximum absolute atomic E-state index is 13.5. The highest BCUT2D eigenvalue weighted by molar-refractivity contribution is 5.57. The number of nitro benzene ring substituents is 1. The fraction of sp³-hybridized carbons (Fsp3) is 0.462. The van der Waals surface area contributed by atoms with Gasteiger partial charge in [0.1, 0.15) is 6.67 Å². The summed E-state index contributed by atoms with van der Waals surface area (Å²) in [5.74, 6) is -0.569. The summed E-state index contributed by atoms with van der Waals surface area (Å²) in [6.07, 6.45) is 0. The number of nitrogens with zero attached hydrogens (tertiary/aromatic N) is 3. The molecule has 21 heavy (non-hydrogen) atoms. The summed E-state index contributed by atoms with van der Waals surface area (Å²) in [5, 5.41) is 33.1. The predicted molar refractivity (Wildman–Crippen MR) is 72.6 cm³/mol. The minimum atomic E-state index is -0.793. The summed E-state index contributed by atoms with van der Waals surface area (Å²) in [7, 11) is 0. The zero-order chi connectivity index (χ0) is 15.4. The van der Waals surface area contributed by atoms with Gasteiger partial charge in [0.2, 0.25) is 0 Å². The molecule has 0 unspecified atom stereocenters. The SMILES string of the molecule is N#Cc1cc([C@@H](CF)N2CCNCC2)c(O)c([N+](=O)[O-])c1. The van der Waals surface area contributed by atoms with Crippen molar-refractivity contribution in [3.05, 3.63) is 33.4 Å². The van der Waals surface area contributed by atoms with Gasteiger partial charge in [-0.05, 0) is 6.07 Å². The van der Waals surface area contributed by atoms with Crippen LogP contribution < -0.4 is 5.32 Å². The third-order valence-corrected chi connectivity index (χ3v) is 3.54. The Morgan fingerprint density at radius 3 is 2.71 bits per heavy atom. The summed E-state index contributed by atoms with van der Waals surface area (Å²) < 4.78 is 13.5. The van der Waals surface area contributed by atoms with E-state index in [1.54, 1.807) is 11.0 Å². The maximum Gasteiger partial charge on any atom is 0.312 e. The molecule has 2 N–H and O–H groups in total. The first kappa shape index (κ1) is 15.2. The van der Waals surface area contributed by atoms with Crippen molar-refractivity contribution < 1.29 is 14.4 Å². The quantitative estimate of drug-likeness (QED) is 0.636. The number of rotatable bonds is 4. The van der Waals surface area contributed by atoms with Gasteiger partial charge in [-0.25, -0.2) is 4.39 Å². The van der Waals surface area contributed by atoms with Gasteiger partial charge in [-0.1, -0.05) is 0 Å². The van der Waals surface area contributed by atoms with Gasteiger partial charge in [-0.3, -0.25) is 15.0 Å². The molecule has 112 valence electrons. The number of aromatic hydroxyl groups is 1. The minimum Gasteiger partial charge on any atom is -0.502 e. The van der Waals surface area contributed by atoms with Crippen molar-refractivity contribution in [2.75, 3.05) is 32.9 Å². The molecule has 0 radical (unpaired) electrons. The van der Waals surface area contributed by atoms with Gasteiger partial charge in [0.25, 0.3) is 0 Å². The van der Waals surface area contributed by atoms with Crippen LogP contribution in [0.5, 0.6) is 5.75 Å². The second-order valence-electron chi connectivity index (χ2n) is 4.76. The van der Waals surface area contributed by atoms with Gasteiger partial charge in [0.05, 0.1) is 22.6 Å². The Kier molecular flexibility index (Phi) is 4.67. The molecule has 0 amide bonds. The monoisotopic (exact) mass is 294 g/mol. The number of nitriles is 1. The third kappa shape index (κ3) is 3.09. The van der Waals surface area contributed by atoms with E-state index in [4.69, 9.17) is 5.26 Å². The van der Waals surface area contributed by atoms with Crippen molar-refractivity contribution in [2.24, 2.45) is 0 Å². The van der Waals surface area contributed by atoms with Gasteiger partial charge in [-0.2, -0.15) is 5.26 Å². The van der Waals surface area contributed by atoms with E-state index >= 15 is 0 Å². The fourth-order valence-corrected chi connectivity index (χ4v) is 2.47. The summed E-state index contributed by atoms with van der Waals surface area (Å²) >= 11 is 0. The van der Waals surface area contributed by atoms with Crippen LogP contribution in [0.3, 0.4) is 0 Å². The Hall–Kier alpha value is -2.24. The first-order chi connectivity index (χ1) is 10.1. The van der Waals surface area contributed by atoms with E-state index in [1.165, 1.54) is 6.07 Å². The average Bonchev–Trinajstić information content (AvgIpc) is 2.50. The minimum absolute atomic E-state index is 0.0306. The number of hydrogen-bond donors (Lipinski definition) is 2. The zero-order valence-corrected chi connectivity index (χ0v) is 11.3. The molecule has 0 spiro atoms. The van der Waals surface area contributed by atoms with Gasteiger partial charge < -0.3 is 10.4 Å². The number of phenolic OH excluding ortho intramolecular Hbond substituents is 1. The molecule has 0 aliphatic carbocycles. The number of benzene rings is 1. The number of nitrogens with one attached hydrogen (secondary N) is 1. The normalized spacial score (nSPS) is 17.1. The van der Waals surface area contributed by atoms with Crippen LogP contribution >= 0.6 is 0 Å². The highest BCUT2D eigenvalue weighted by Gasteiger charge is 2.29. The molecule has 1 fully saturated rings. The Morgan fingerprint density at radius 2 is 2.19 bits per heavy atom. The van der Waals surface area contributed by atoms with E-state index in [1.807, 2.05) is 0 Å². The molecular weight excluding hydrogens is 279 g/mol. The van der Waals surface area contributed by atoms with E-state index in [2.05, 4.69) is 5.32 Å². The molecule has 2 rings (SSSR count). The Bertz CT molecular complexity index is 582. The molecule has 1 aliphatic heterocycles. The molecule has 1 aliphatic rings. The predicted octanol–water partition coefficient (Wildman–Crippen LogP) is 1.09. The standard InChI is InChI=1S/C13H15FN4O3/c14-7-12(17-3-1-16-2-4-17)10-5-9(8-15)6-11(13(10)19)18(20)21/h5-6,12,16,19H,1-4,7H2/t12-/m1/s1. The van der Waals surface area contributed by atoms with Crippen LogP contribution in [0.15, 0.2) is 12.1 Å². The number of halogens is 1. The van der Waals surface area contributed by atoms with E-state index in [-0.39, 0.29) is 11.1 Å². The molecule has 1 atom stereocenters. The summed E-state index contributed by atoms with van der Waals surface area (Å²) in [6, 6.07) is 3.32. The lowest BCUT2D eigenvalue weighted by Gasteiger charge is -2.33. The third-order valence-electron chi connectivity index (χ3n) is 3.54. The summed E-state index contributed by atoms with van der Waals surface area (Å²) in [5.41, 5.74) is -0.453. The first-order valence-electron chi connectivity index (χ1n) is 6.50. The molecule has 1 aromatic carbocycles. The van der Waals surface area contributed by atoms with Gasteiger partial charge in [0, 0.05) is 37.8 Å². The lowest BCUT2D eigenvalue weighted by atomic mass is 10.0. The van der Waals surface area contributed by atoms with Crippen LogP contribution in [0.4, 0.5) is 10.1 Å². The van der Waals surface area contributed by atoms with E-state index in [9.17, 15) is 19.6 Å². The van der Waals surface area contributed by atoms with Crippen LogP contribution in [-0.4, -0.2) is 47.8 Å². The molecule has 0 aromatic heterocycles. The van der Waals surface area contributed by atoms with Gasteiger partial charge in [-0.15, -0.1) is 0 Å². The Labute approximate surface area is 120 Å². The zero-order valence-electron chi connectivity index (χ0n) is 11.3. The number of hydrogen-bond acceptors (Lipinski definition) is 6. The summed E-state index contributed by atoms with van der Waals surface area (Å²) in [6.45, 7) is 1.70. The van der Waals surface area contributed by atoms with Crippen molar-refractivity contribution in [1.82, 2.24) is 10.2 Å². The largest absolute Gasteiger partial charge is 0.502 e. The van der Waals surface area contributed by atoms with Gasteiger partial charge >= 0.3 is 5.69 Å². The molecular formula is C13H15FN4O3. The topological polar surface area (TPSA) is 102 Å². The van der Waals surface area contributed by atoms with Crippen LogP contribution in [0.25, 0.3) is 0 Å². The summed E-state index contributed by atoms with van der Waals surface area (Å²) in [4.78, 5) is 12.0. The highest BCUT2D eigenvalue weighted by atomic mass is 19.1. The van der Waals surface area contributed by atoms with Crippen molar-refractivity contribution in [3.8, 4) is 11.8 Å². The number of phenols is 1. The van der Waals surface area contributed by atoms with E-state index in [0.29, 0.717) is 26.2 Å². The average molecular weight is 294 g/mol. The lowest BCUT2D eigenvalue weighted by Crippen LogP contribution is -2.45. The Balaban J connectivity index is 2.47. The van der Waals surface area contributed by atoms with Crippen LogP contribution in [0, 0.1) is 21.4 Å². The molecule has 1 saturated heterocycles. The van der Waals surface area contributed by atoms with Crippen LogP contribution in [0.2, 0.25) is 0 Å². The van der Waals surface area contributed by atoms with Gasteiger partial charge in [0.15, 0.2) is 5.75 Å². The van der Waals surface area contributed by atoms with Crippen molar-refractivity contribution in [2.45, 2.75) is 6.04 Å². The second kappa shape index (κ2) is 6.47. The maximum atomic E-state index is 13.5. The molecule has 7 nitrogen and oxygen atoms in total. The molecule has 1 aromatic rings. The van der Waals surface area contributed by atoms with Crippen LogP contribution in [-0.2, 0) is 0 Å². The molecule has 0 saturated carbocycles. The molecule has 0 bridgehead atoms. The van der Waals surface area contributed by atoms with Crippen LogP contribution in [0.1, 0.15) is 17.2 Å². The highest BCUT2D eigenvalue weighted by Crippen LogP contribution is 2.37.